The second kappa shape index (κ2) is 5.39. The van der Waals surface area contributed by atoms with Crippen LogP contribution in [0.2, 0.25) is 10.3 Å². The van der Waals surface area contributed by atoms with Gasteiger partial charge in [-0.2, -0.15) is 4.98 Å². The van der Waals surface area contributed by atoms with Crippen LogP contribution in [0.15, 0.2) is 11.3 Å². The van der Waals surface area contributed by atoms with Gasteiger partial charge in [-0.15, -0.1) is 0 Å². The number of halogens is 2. The van der Waals surface area contributed by atoms with Crippen LogP contribution in [0, 0.1) is 5.92 Å². The maximum atomic E-state index is 11.8. The summed E-state index contributed by atoms with van der Waals surface area (Å²) < 4.78 is 0. The molecule has 0 radical (unpaired) electrons. The van der Waals surface area contributed by atoms with Crippen molar-refractivity contribution in [1.82, 2.24) is 9.97 Å². The van der Waals surface area contributed by atoms with E-state index in [1.54, 1.807) is 0 Å². The Kier molecular flexibility index (Phi) is 3.86. The van der Waals surface area contributed by atoms with E-state index in [1.807, 2.05) is 0 Å². The summed E-state index contributed by atoms with van der Waals surface area (Å²) in [5.74, 6) is 0.146. The van der Waals surface area contributed by atoms with E-state index in [4.69, 9.17) is 28.7 Å². The lowest BCUT2D eigenvalue weighted by Gasteiger charge is -2.16. The molecule has 2 heterocycles. The molecule has 94 valence electrons. The third-order valence-electron chi connectivity index (χ3n) is 2.56. The molecular formula is C9H8Cl2N6O. The molecule has 0 aliphatic carbocycles. The minimum Gasteiger partial charge on any atom is -0.295 e. The Morgan fingerprint density at radius 1 is 1.61 bits per heavy atom. The molecule has 0 aromatic carbocycles. The number of carbonyl (C=O) groups is 1. The molecule has 1 aliphatic heterocycles. The molecule has 1 aromatic heterocycles. The summed E-state index contributed by atoms with van der Waals surface area (Å²) in [6.07, 6.45) is 1.65. The van der Waals surface area contributed by atoms with Crippen molar-refractivity contribution in [2.45, 2.75) is 6.42 Å². The van der Waals surface area contributed by atoms with E-state index in [1.165, 1.54) is 11.1 Å². The van der Waals surface area contributed by atoms with Crippen LogP contribution in [-0.2, 0) is 4.79 Å². The summed E-state index contributed by atoms with van der Waals surface area (Å²) in [6.45, 7) is 0.681. The van der Waals surface area contributed by atoms with E-state index < -0.39 is 0 Å². The second-order valence-electron chi connectivity index (χ2n) is 3.80. The van der Waals surface area contributed by atoms with E-state index in [0.717, 1.165) is 0 Å². The van der Waals surface area contributed by atoms with E-state index in [9.17, 15) is 4.79 Å². The van der Waals surface area contributed by atoms with E-state index in [0.29, 0.717) is 18.8 Å². The highest BCUT2D eigenvalue weighted by atomic mass is 35.5. The fourth-order valence-corrected chi connectivity index (χ4v) is 2.11. The number of hydrogen-bond acceptors (Lipinski definition) is 4. The Hall–Kier alpha value is -1.56. The third-order valence-corrected chi connectivity index (χ3v) is 3.01. The van der Waals surface area contributed by atoms with Crippen molar-refractivity contribution in [3.63, 3.8) is 0 Å². The largest absolute Gasteiger partial charge is 0.295 e. The Balaban J connectivity index is 2.21. The molecule has 1 fully saturated rings. The van der Waals surface area contributed by atoms with Crippen LogP contribution < -0.4 is 4.90 Å². The number of carbonyl (C=O) groups excluding carboxylic acids is 1. The molecule has 2 rings (SSSR count). The summed E-state index contributed by atoms with van der Waals surface area (Å²) in [6, 6.07) is 0. The van der Waals surface area contributed by atoms with Gasteiger partial charge in [0.25, 0.3) is 0 Å². The average Bonchev–Trinajstić information content (AvgIpc) is 2.71. The number of aromatic nitrogens is 2. The molecule has 1 atom stereocenters. The highest BCUT2D eigenvalue weighted by Crippen LogP contribution is 2.29. The first-order chi connectivity index (χ1) is 8.61. The van der Waals surface area contributed by atoms with Gasteiger partial charge in [-0.05, 0) is 23.0 Å². The lowest BCUT2D eigenvalue weighted by atomic mass is 10.1. The molecule has 0 spiro atoms. The monoisotopic (exact) mass is 286 g/mol. The maximum absolute atomic E-state index is 11.8. The third kappa shape index (κ3) is 2.64. The van der Waals surface area contributed by atoms with Crippen LogP contribution in [0.4, 0.5) is 5.82 Å². The zero-order valence-electron chi connectivity index (χ0n) is 9.12. The summed E-state index contributed by atoms with van der Waals surface area (Å²) in [7, 11) is 0. The van der Waals surface area contributed by atoms with Gasteiger partial charge in [0, 0.05) is 24.4 Å². The fraction of sp³-hybridized carbons (Fsp3) is 0.444. The van der Waals surface area contributed by atoms with Gasteiger partial charge >= 0.3 is 0 Å². The summed E-state index contributed by atoms with van der Waals surface area (Å²) in [5.41, 5.74) is 8.26. The summed E-state index contributed by atoms with van der Waals surface area (Å²) in [5, 5.41) is 3.76. The highest BCUT2D eigenvalue weighted by Gasteiger charge is 2.32. The van der Waals surface area contributed by atoms with Crippen LogP contribution in [0.25, 0.3) is 10.4 Å². The van der Waals surface area contributed by atoms with Gasteiger partial charge in [-0.1, -0.05) is 16.7 Å². The minimum atomic E-state index is -0.121. The summed E-state index contributed by atoms with van der Waals surface area (Å²) >= 11 is 11.6. The SMILES string of the molecule is [N-]=[N+]=NCC1CC(=O)N(c2nc(Cl)ncc2Cl)C1. The van der Waals surface area contributed by atoms with Gasteiger partial charge in [-0.25, -0.2) is 4.98 Å². The van der Waals surface area contributed by atoms with Crippen molar-refractivity contribution < 1.29 is 4.79 Å². The fourth-order valence-electron chi connectivity index (χ4n) is 1.79. The molecule has 18 heavy (non-hydrogen) atoms. The van der Waals surface area contributed by atoms with E-state index in [-0.39, 0.29) is 28.7 Å². The molecule has 1 amide bonds. The zero-order chi connectivity index (χ0) is 13.1. The van der Waals surface area contributed by atoms with Gasteiger partial charge in [0.2, 0.25) is 11.2 Å². The van der Waals surface area contributed by atoms with E-state index >= 15 is 0 Å². The van der Waals surface area contributed by atoms with Gasteiger partial charge in [0.1, 0.15) is 5.02 Å². The van der Waals surface area contributed by atoms with Crippen LogP contribution in [0.1, 0.15) is 6.42 Å². The molecular weight excluding hydrogens is 279 g/mol. The molecule has 0 N–H and O–H groups in total. The number of amides is 1. The van der Waals surface area contributed by atoms with Crippen LogP contribution >= 0.6 is 23.2 Å². The molecule has 9 heteroatoms. The molecule has 1 aromatic rings. The van der Waals surface area contributed by atoms with Crippen molar-refractivity contribution in [2.75, 3.05) is 18.0 Å². The number of rotatable bonds is 3. The first-order valence-electron chi connectivity index (χ1n) is 5.11. The standard InChI is InChI=1S/C9H8Cl2N6O/c10-6-3-13-9(11)15-8(6)17-4-5(1-7(17)18)2-14-16-12/h3,5H,1-2,4H2. The highest BCUT2D eigenvalue weighted by molar-refractivity contribution is 6.34. The van der Waals surface area contributed by atoms with Crippen molar-refractivity contribution >= 4 is 34.9 Å². The van der Waals surface area contributed by atoms with Crippen LogP contribution in [0.5, 0.6) is 0 Å². The number of nitrogens with zero attached hydrogens (tertiary/aromatic N) is 6. The first kappa shape index (κ1) is 12.9. The zero-order valence-corrected chi connectivity index (χ0v) is 10.6. The quantitative estimate of drug-likeness (QED) is 0.369. The second-order valence-corrected chi connectivity index (χ2v) is 4.54. The van der Waals surface area contributed by atoms with Crippen molar-refractivity contribution in [1.29, 1.82) is 0 Å². The van der Waals surface area contributed by atoms with Crippen molar-refractivity contribution in [2.24, 2.45) is 11.0 Å². The van der Waals surface area contributed by atoms with Crippen LogP contribution in [-0.4, -0.2) is 29.0 Å². The number of hydrogen-bond donors (Lipinski definition) is 0. The van der Waals surface area contributed by atoms with Crippen LogP contribution in [0.3, 0.4) is 0 Å². The maximum Gasteiger partial charge on any atom is 0.228 e. The Bertz CT molecular complexity index is 530. The lowest BCUT2D eigenvalue weighted by Crippen LogP contribution is -2.26. The van der Waals surface area contributed by atoms with Gasteiger partial charge in [0.15, 0.2) is 5.82 Å². The smallest absolute Gasteiger partial charge is 0.228 e. The minimum absolute atomic E-state index is 0.0284. The molecule has 1 saturated heterocycles. The van der Waals surface area contributed by atoms with Gasteiger partial charge in [-0.3, -0.25) is 9.69 Å². The average molecular weight is 287 g/mol. The Morgan fingerprint density at radius 3 is 3.11 bits per heavy atom. The topological polar surface area (TPSA) is 94.9 Å². The predicted octanol–water partition coefficient (Wildman–Crippen LogP) is 2.45. The van der Waals surface area contributed by atoms with E-state index in [2.05, 4.69) is 20.0 Å². The molecule has 0 saturated carbocycles. The Morgan fingerprint density at radius 2 is 2.39 bits per heavy atom. The first-order valence-corrected chi connectivity index (χ1v) is 5.86. The number of anilines is 1. The van der Waals surface area contributed by atoms with Crippen molar-refractivity contribution in [3.8, 4) is 0 Å². The van der Waals surface area contributed by atoms with Gasteiger partial charge in [0.05, 0.1) is 6.20 Å². The lowest BCUT2D eigenvalue weighted by molar-refractivity contribution is -0.117. The van der Waals surface area contributed by atoms with Gasteiger partial charge < -0.3 is 0 Å². The van der Waals surface area contributed by atoms with Crippen molar-refractivity contribution in [3.05, 3.63) is 26.9 Å². The molecule has 0 bridgehead atoms. The molecule has 1 unspecified atom stereocenters. The summed E-state index contributed by atoms with van der Waals surface area (Å²) in [4.78, 5) is 23.6. The predicted molar refractivity (Wildman–Crippen MR) is 66.5 cm³/mol. The Labute approximate surface area is 112 Å². The number of azide groups is 1. The molecule has 7 nitrogen and oxygen atoms in total. The molecule has 1 aliphatic rings. The normalized spacial score (nSPS) is 18.9.